The largest absolute Gasteiger partial charge is 0.466 e. The third kappa shape index (κ3) is 4.72. The molecule has 0 heterocycles. The molecular weight excluding hydrogens is 152 g/mol. The van der Waals surface area contributed by atoms with Gasteiger partial charge in [0.15, 0.2) is 0 Å². The van der Waals surface area contributed by atoms with E-state index in [9.17, 15) is 4.79 Å². The van der Waals surface area contributed by atoms with Crippen LogP contribution in [0.2, 0.25) is 0 Å². The van der Waals surface area contributed by atoms with E-state index in [1.165, 1.54) is 0 Å². The minimum atomic E-state index is -2.41. The molecule has 0 saturated heterocycles. The summed E-state index contributed by atoms with van der Waals surface area (Å²) in [5, 5.41) is 17.5. The van der Waals surface area contributed by atoms with Gasteiger partial charge in [-0.25, -0.2) is 0 Å². The Balaban J connectivity index is 3.74. The van der Waals surface area contributed by atoms with Crippen molar-refractivity contribution in [3.63, 3.8) is 0 Å². The van der Waals surface area contributed by atoms with E-state index in [1.54, 1.807) is 6.92 Å². The Morgan fingerprint density at radius 1 is 1.55 bits per heavy atom. The second-order valence-corrected chi connectivity index (χ2v) is 1.93. The second-order valence-electron chi connectivity index (χ2n) is 1.93. The molecule has 0 spiro atoms. The third-order valence-corrected chi connectivity index (χ3v) is 1.01. The lowest BCUT2D eigenvalue weighted by Crippen LogP contribution is -2.33. The maximum absolute atomic E-state index is 10.6. The van der Waals surface area contributed by atoms with Gasteiger partial charge in [-0.2, -0.15) is 0 Å². The van der Waals surface area contributed by atoms with Crippen LogP contribution in [-0.2, 0) is 14.3 Å². The van der Waals surface area contributed by atoms with Gasteiger partial charge in [0.25, 0.3) is 5.97 Å². The number of hydrogen-bond acceptors (Lipinski definition) is 5. The molecule has 0 aliphatic rings. The van der Waals surface area contributed by atoms with Crippen LogP contribution in [0, 0.1) is 0 Å². The highest BCUT2D eigenvalue weighted by molar-refractivity contribution is 5.70. The molecule has 0 aromatic heterocycles. The average molecular weight is 164 g/mol. The van der Waals surface area contributed by atoms with Gasteiger partial charge in [-0.3, -0.25) is 4.79 Å². The number of hydrogen-bond donors (Lipinski definition) is 2. The molecule has 0 saturated carbocycles. The minimum Gasteiger partial charge on any atom is -0.466 e. The van der Waals surface area contributed by atoms with Crippen molar-refractivity contribution < 1.29 is 24.5 Å². The Hall–Kier alpha value is -0.650. The van der Waals surface area contributed by atoms with Crippen LogP contribution in [0.25, 0.3) is 0 Å². The number of esters is 1. The molecule has 0 fully saturated rings. The predicted molar refractivity (Wildman–Crippen MR) is 35.4 cm³/mol. The maximum atomic E-state index is 10.6. The SMILES string of the molecule is CCOC(=O)CC(O)(O)OC. The number of carbonyl (C=O) groups excluding carboxylic acids is 1. The Bertz CT molecular complexity index is 131. The van der Waals surface area contributed by atoms with Crippen LogP contribution in [0.4, 0.5) is 0 Å². The lowest BCUT2D eigenvalue weighted by atomic mass is 10.4. The molecule has 11 heavy (non-hydrogen) atoms. The Kier molecular flexibility index (Phi) is 4.02. The second kappa shape index (κ2) is 4.27. The van der Waals surface area contributed by atoms with Crippen molar-refractivity contribution in [1.29, 1.82) is 0 Å². The van der Waals surface area contributed by atoms with Gasteiger partial charge >= 0.3 is 5.97 Å². The summed E-state index contributed by atoms with van der Waals surface area (Å²) in [6.07, 6.45) is -0.586. The van der Waals surface area contributed by atoms with Crippen LogP contribution in [0.3, 0.4) is 0 Å². The zero-order valence-corrected chi connectivity index (χ0v) is 6.53. The van der Waals surface area contributed by atoms with Gasteiger partial charge in [-0.15, -0.1) is 0 Å². The molecule has 0 bridgehead atoms. The summed E-state index contributed by atoms with van der Waals surface area (Å²) < 4.78 is 8.61. The van der Waals surface area contributed by atoms with Crippen molar-refractivity contribution >= 4 is 5.97 Å². The minimum absolute atomic E-state index is 0.207. The highest BCUT2D eigenvalue weighted by Gasteiger charge is 2.27. The van der Waals surface area contributed by atoms with Crippen molar-refractivity contribution in [2.45, 2.75) is 19.3 Å². The average Bonchev–Trinajstić information content (AvgIpc) is 1.87. The van der Waals surface area contributed by atoms with Crippen molar-refractivity contribution in [2.75, 3.05) is 13.7 Å². The van der Waals surface area contributed by atoms with Gasteiger partial charge in [0, 0.05) is 7.11 Å². The summed E-state index contributed by atoms with van der Waals surface area (Å²) >= 11 is 0. The molecule has 2 N–H and O–H groups in total. The number of methoxy groups -OCH3 is 1. The standard InChI is InChI=1S/C6H12O5/c1-3-11-5(7)4-6(8,9)10-2/h8-9H,3-4H2,1-2H3. The summed E-state index contributed by atoms with van der Waals surface area (Å²) in [7, 11) is 1.08. The van der Waals surface area contributed by atoms with Gasteiger partial charge in [0.05, 0.1) is 6.61 Å². The van der Waals surface area contributed by atoms with Gasteiger partial charge in [0.2, 0.25) is 0 Å². The predicted octanol–water partition coefficient (Wildman–Crippen LogP) is -0.776. The Morgan fingerprint density at radius 2 is 2.09 bits per heavy atom. The van der Waals surface area contributed by atoms with Crippen molar-refractivity contribution in [3.8, 4) is 0 Å². The van der Waals surface area contributed by atoms with Crippen molar-refractivity contribution in [3.05, 3.63) is 0 Å². The summed E-state index contributed by atoms with van der Waals surface area (Å²) in [5.74, 6) is -3.12. The fourth-order valence-corrected chi connectivity index (χ4v) is 0.472. The lowest BCUT2D eigenvalue weighted by Gasteiger charge is -2.17. The van der Waals surface area contributed by atoms with Crippen molar-refractivity contribution in [1.82, 2.24) is 0 Å². The quantitative estimate of drug-likeness (QED) is 0.421. The summed E-state index contributed by atoms with van der Waals surface area (Å²) in [4.78, 5) is 10.6. The van der Waals surface area contributed by atoms with Gasteiger partial charge in [-0.05, 0) is 6.92 Å². The molecule has 0 aliphatic heterocycles. The van der Waals surface area contributed by atoms with Crippen LogP contribution in [-0.4, -0.2) is 35.9 Å². The molecular formula is C6H12O5. The number of rotatable bonds is 4. The van der Waals surface area contributed by atoms with E-state index in [0.29, 0.717) is 0 Å². The van der Waals surface area contributed by atoms with E-state index in [4.69, 9.17) is 10.2 Å². The molecule has 0 amide bonds. The number of ether oxygens (including phenoxy) is 2. The molecule has 66 valence electrons. The first-order chi connectivity index (χ1) is 5.02. The molecule has 0 radical (unpaired) electrons. The van der Waals surface area contributed by atoms with Crippen LogP contribution >= 0.6 is 0 Å². The monoisotopic (exact) mass is 164 g/mol. The maximum Gasteiger partial charge on any atom is 0.314 e. The first-order valence-electron chi connectivity index (χ1n) is 3.17. The molecule has 0 aliphatic carbocycles. The van der Waals surface area contributed by atoms with Gasteiger partial charge < -0.3 is 19.7 Å². The summed E-state index contributed by atoms with van der Waals surface area (Å²) in [5.41, 5.74) is 0. The normalized spacial score (nSPS) is 11.3. The Labute approximate surface area is 64.5 Å². The van der Waals surface area contributed by atoms with Crippen molar-refractivity contribution in [2.24, 2.45) is 0 Å². The Morgan fingerprint density at radius 3 is 2.45 bits per heavy atom. The van der Waals surface area contributed by atoms with E-state index in [2.05, 4.69) is 9.47 Å². The van der Waals surface area contributed by atoms with E-state index >= 15 is 0 Å². The summed E-state index contributed by atoms with van der Waals surface area (Å²) in [6.45, 7) is 1.83. The molecule has 5 heteroatoms. The fraction of sp³-hybridized carbons (Fsp3) is 0.833. The highest BCUT2D eigenvalue weighted by atomic mass is 16.8. The van der Waals surface area contributed by atoms with Crippen LogP contribution in [0.1, 0.15) is 13.3 Å². The first-order valence-corrected chi connectivity index (χ1v) is 3.17. The molecule has 5 nitrogen and oxygen atoms in total. The number of carbonyl (C=O) groups is 1. The van der Waals surface area contributed by atoms with E-state index in [0.717, 1.165) is 7.11 Å². The number of aliphatic hydroxyl groups is 2. The molecule has 0 unspecified atom stereocenters. The van der Waals surface area contributed by atoms with Gasteiger partial charge in [0.1, 0.15) is 6.42 Å². The smallest absolute Gasteiger partial charge is 0.314 e. The van der Waals surface area contributed by atoms with E-state index in [-0.39, 0.29) is 6.61 Å². The molecule has 0 aromatic rings. The zero-order valence-electron chi connectivity index (χ0n) is 6.53. The third-order valence-electron chi connectivity index (χ3n) is 1.01. The van der Waals surface area contributed by atoms with E-state index < -0.39 is 18.4 Å². The highest BCUT2D eigenvalue weighted by Crippen LogP contribution is 2.06. The molecule has 0 atom stereocenters. The molecule has 0 rings (SSSR count). The molecule has 0 aromatic carbocycles. The zero-order chi connectivity index (χ0) is 8.91. The fourth-order valence-electron chi connectivity index (χ4n) is 0.472. The van der Waals surface area contributed by atoms with Gasteiger partial charge in [-0.1, -0.05) is 0 Å². The van der Waals surface area contributed by atoms with Crippen LogP contribution < -0.4 is 0 Å². The first kappa shape index (κ1) is 10.3. The van der Waals surface area contributed by atoms with E-state index in [1.807, 2.05) is 0 Å². The topological polar surface area (TPSA) is 76.0 Å². The van der Waals surface area contributed by atoms with Crippen LogP contribution in [0.5, 0.6) is 0 Å². The lowest BCUT2D eigenvalue weighted by molar-refractivity contribution is -0.326. The van der Waals surface area contributed by atoms with Crippen LogP contribution in [0.15, 0.2) is 0 Å². The summed E-state index contributed by atoms with van der Waals surface area (Å²) in [6, 6.07) is 0.